The lowest BCUT2D eigenvalue weighted by atomic mass is 10.0. The van der Waals surface area contributed by atoms with Crippen LogP contribution in [0.1, 0.15) is 68.9 Å². The van der Waals surface area contributed by atoms with E-state index >= 15 is 0 Å². The molecule has 3 amide bonds. The van der Waals surface area contributed by atoms with Gasteiger partial charge in [0, 0.05) is 30.1 Å². The molecule has 12 nitrogen and oxygen atoms in total. The summed E-state index contributed by atoms with van der Waals surface area (Å²) in [5, 5.41) is 6.95. The number of ether oxygens (including phenoxy) is 1. The van der Waals surface area contributed by atoms with Crippen LogP contribution in [0.2, 0.25) is 0 Å². The summed E-state index contributed by atoms with van der Waals surface area (Å²) in [6.45, 7) is 7.93. The second-order valence-corrected chi connectivity index (χ2v) is 16.2. The first-order valence-electron chi connectivity index (χ1n) is 18.1. The monoisotopic (exact) mass is 755 g/mol. The zero-order valence-corrected chi connectivity index (χ0v) is 30.4. The predicted molar refractivity (Wildman–Crippen MR) is 193 cm³/mol. The molecule has 2 aliphatic heterocycles. The summed E-state index contributed by atoms with van der Waals surface area (Å²) in [5.74, 6) is -3.11. The van der Waals surface area contributed by atoms with Gasteiger partial charge in [-0.2, -0.15) is 5.06 Å². The number of allylic oxidation sites excluding steroid dienone is 1. The smallest absolute Gasteiger partial charge is 0.259 e. The third-order valence-corrected chi connectivity index (χ3v) is 12.2. The van der Waals surface area contributed by atoms with Crippen molar-refractivity contribution < 1.29 is 41.2 Å². The number of halogens is 2. The van der Waals surface area contributed by atoms with Crippen molar-refractivity contribution >= 4 is 33.4 Å². The van der Waals surface area contributed by atoms with E-state index in [-0.39, 0.29) is 44.4 Å². The van der Waals surface area contributed by atoms with Crippen molar-refractivity contribution in [3.8, 4) is 0 Å². The van der Waals surface area contributed by atoms with Crippen molar-refractivity contribution in [1.82, 2.24) is 20.0 Å². The Morgan fingerprint density at radius 2 is 1.81 bits per heavy atom. The van der Waals surface area contributed by atoms with Crippen LogP contribution >= 0.6 is 0 Å². The van der Waals surface area contributed by atoms with Gasteiger partial charge in [0.15, 0.2) is 6.79 Å². The Kier molecular flexibility index (Phi) is 12.0. The lowest BCUT2D eigenvalue weighted by molar-refractivity contribution is -0.239. The number of anilines is 1. The highest BCUT2D eigenvalue weighted by Crippen LogP contribution is 2.45. The molecule has 2 aromatic rings. The maximum atomic E-state index is 14.4. The second kappa shape index (κ2) is 16.5. The van der Waals surface area contributed by atoms with E-state index in [1.165, 1.54) is 41.3 Å². The van der Waals surface area contributed by atoms with Gasteiger partial charge < -0.3 is 20.3 Å². The molecule has 3 fully saturated rings. The standard InChI is InChI=1S/C38H47F2N5O7S/c1-3-5-6-7-8-12-33(41-28-15-13-27(39)14-16-28)36(47)45-22-29(51-24-52-44-21-25-10-9-11-32(40)31(25)23-44)19-34(45)35(46)42-38(20-26(38)4-2)37(48)43-53(49,50)30-17-18-30/h3-4,9-11,13-16,26,29-30,33-34,41H,1-2,5-8,12,17-24H2,(H,42,46)(H,43,48)/t26-,29-,33+,34+,38-/m1/s1. The minimum atomic E-state index is -3.89. The van der Waals surface area contributed by atoms with E-state index in [9.17, 15) is 31.6 Å². The van der Waals surface area contributed by atoms with Crippen LogP contribution < -0.4 is 15.4 Å². The van der Waals surface area contributed by atoms with E-state index in [1.54, 1.807) is 11.1 Å². The second-order valence-electron chi connectivity index (χ2n) is 14.3. The van der Waals surface area contributed by atoms with Crippen molar-refractivity contribution in [2.45, 2.75) is 99.9 Å². The van der Waals surface area contributed by atoms with Gasteiger partial charge in [-0.1, -0.05) is 37.1 Å². The number of hydroxylamine groups is 2. The van der Waals surface area contributed by atoms with Gasteiger partial charge in [-0.25, -0.2) is 17.2 Å². The van der Waals surface area contributed by atoms with Crippen LogP contribution in [-0.4, -0.2) is 78.4 Å². The lowest BCUT2D eigenvalue weighted by Gasteiger charge is -2.30. The maximum Gasteiger partial charge on any atom is 0.259 e. The molecule has 2 heterocycles. The molecule has 5 atom stereocenters. The van der Waals surface area contributed by atoms with Crippen molar-refractivity contribution in [2.24, 2.45) is 5.92 Å². The van der Waals surface area contributed by atoms with Crippen molar-refractivity contribution in [1.29, 1.82) is 0 Å². The van der Waals surface area contributed by atoms with Gasteiger partial charge in [-0.15, -0.1) is 13.2 Å². The molecule has 2 aliphatic carbocycles. The normalized spacial score (nSPS) is 24.3. The molecule has 1 saturated heterocycles. The molecule has 4 aliphatic rings. The number of nitrogens with zero attached hydrogens (tertiary/aromatic N) is 2. The highest BCUT2D eigenvalue weighted by atomic mass is 32.2. The number of nitrogens with one attached hydrogen (secondary N) is 3. The van der Waals surface area contributed by atoms with E-state index in [1.807, 2.05) is 12.1 Å². The van der Waals surface area contributed by atoms with Gasteiger partial charge in [0.2, 0.25) is 21.8 Å². The average molecular weight is 756 g/mol. The molecule has 2 aromatic carbocycles. The quantitative estimate of drug-likeness (QED) is 0.108. The highest BCUT2D eigenvalue weighted by molar-refractivity contribution is 7.91. The third kappa shape index (κ3) is 9.14. The summed E-state index contributed by atoms with van der Waals surface area (Å²) in [5.41, 5.74) is 0.352. The minimum absolute atomic E-state index is 0.0212. The molecule has 0 unspecified atom stereocenters. The van der Waals surface area contributed by atoms with E-state index in [0.717, 1.165) is 24.8 Å². The number of fused-ring (bicyclic) bond motifs is 1. The summed E-state index contributed by atoms with van der Waals surface area (Å²) in [6, 6.07) is 8.65. The van der Waals surface area contributed by atoms with Crippen LogP contribution in [0.4, 0.5) is 14.5 Å². The Morgan fingerprint density at radius 1 is 1.04 bits per heavy atom. The molecule has 2 saturated carbocycles. The largest absolute Gasteiger partial charge is 0.374 e. The third-order valence-electron chi connectivity index (χ3n) is 10.4. The number of carbonyl (C=O) groups is 3. The fourth-order valence-corrected chi connectivity index (χ4v) is 8.46. The molecule has 0 bridgehead atoms. The first kappa shape index (κ1) is 38.5. The fourth-order valence-electron chi connectivity index (χ4n) is 7.09. The number of rotatable bonds is 19. The molecule has 15 heteroatoms. The zero-order valence-electron chi connectivity index (χ0n) is 29.6. The number of unbranched alkanes of at least 4 members (excludes halogenated alkanes) is 3. The number of benzene rings is 2. The van der Waals surface area contributed by atoms with Crippen molar-refractivity contribution in [3.05, 3.63) is 90.5 Å². The fraction of sp³-hybridized carbons (Fsp3) is 0.500. The van der Waals surface area contributed by atoms with Crippen LogP contribution in [-0.2, 0) is 47.1 Å². The summed E-state index contributed by atoms with van der Waals surface area (Å²) in [7, 11) is -3.89. The van der Waals surface area contributed by atoms with Crippen LogP contribution in [0.3, 0.4) is 0 Å². The van der Waals surface area contributed by atoms with Gasteiger partial charge >= 0.3 is 0 Å². The molecular formula is C38H47F2N5O7S. The minimum Gasteiger partial charge on any atom is -0.374 e. The Morgan fingerprint density at radius 3 is 2.49 bits per heavy atom. The maximum absolute atomic E-state index is 14.4. The first-order chi connectivity index (χ1) is 25.4. The van der Waals surface area contributed by atoms with Crippen LogP contribution in [0.15, 0.2) is 67.8 Å². The summed E-state index contributed by atoms with van der Waals surface area (Å²) in [4.78, 5) is 49.2. The summed E-state index contributed by atoms with van der Waals surface area (Å²) in [6.07, 6.45) is 7.50. The van der Waals surface area contributed by atoms with Gasteiger partial charge in [0.05, 0.1) is 24.4 Å². The Bertz CT molecular complexity index is 1810. The Hall–Kier alpha value is -4.18. The Balaban J connectivity index is 1.18. The van der Waals surface area contributed by atoms with Gasteiger partial charge in [-0.3, -0.25) is 23.9 Å². The number of amides is 3. The van der Waals surface area contributed by atoms with E-state index in [4.69, 9.17) is 9.57 Å². The number of sulfonamides is 1. The molecule has 286 valence electrons. The molecule has 0 spiro atoms. The van der Waals surface area contributed by atoms with E-state index in [0.29, 0.717) is 43.5 Å². The number of hydrogen-bond acceptors (Lipinski definition) is 9. The lowest BCUT2D eigenvalue weighted by Crippen LogP contribution is -2.57. The van der Waals surface area contributed by atoms with E-state index < -0.39 is 62.5 Å². The van der Waals surface area contributed by atoms with Crippen LogP contribution in [0.25, 0.3) is 0 Å². The molecule has 0 aromatic heterocycles. The molecular weight excluding hydrogens is 709 g/mol. The number of carbonyl (C=O) groups excluding carboxylic acids is 3. The molecule has 6 rings (SSSR count). The molecule has 0 radical (unpaired) electrons. The van der Waals surface area contributed by atoms with Crippen LogP contribution in [0.5, 0.6) is 0 Å². The highest BCUT2D eigenvalue weighted by Gasteiger charge is 2.62. The molecule has 53 heavy (non-hydrogen) atoms. The first-order valence-corrected chi connectivity index (χ1v) is 19.7. The summed E-state index contributed by atoms with van der Waals surface area (Å²) >= 11 is 0. The molecule has 3 N–H and O–H groups in total. The zero-order chi connectivity index (χ0) is 37.8. The number of likely N-dealkylation sites (tertiary alicyclic amines) is 1. The van der Waals surface area contributed by atoms with Crippen molar-refractivity contribution in [3.63, 3.8) is 0 Å². The summed E-state index contributed by atoms with van der Waals surface area (Å²) < 4.78 is 61.5. The van der Waals surface area contributed by atoms with Crippen LogP contribution in [0, 0.1) is 17.6 Å². The van der Waals surface area contributed by atoms with Gasteiger partial charge in [0.1, 0.15) is 29.3 Å². The predicted octanol–water partition coefficient (Wildman–Crippen LogP) is 4.44. The Labute approximate surface area is 309 Å². The van der Waals surface area contributed by atoms with Crippen molar-refractivity contribution in [2.75, 3.05) is 18.7 Å². The SMILES string of the molecule is C=CCCCCC[C@H](Nc1ccc(F)cc1)C(=O)N1C[C@H](OCON2Cc3cccc(F)c3C2)C[C@H]1C(=O)N[C@]1(C(=O)NS(=O)(=O)C2CC2)C[C@H]1C=C. The van der Waals surface area contributed by atoms with E-state index in [2.05, 4.69) is 28.5 Å². The average Bonchev–Trinajstić information content (AvgIpc) is 4.03. The topological polar surface area (TPSA) is 146 Å². The number of hydrogen-bond donors (Lipinski definition) is 3. The van der Waals surface area contributed by atoms with Gasteiger partial charge in [-0.05, 0) is 74.4 Å². The van der Waals surface area contributed by atoms with Gasteiger partial charge in [0.25, 0.3) is 5.91 Å².